The van der Waals surface area contributed by atoms with Crippen LogP contribution in [0.4, 0.5) is 0 Å². The Morgan fingerprint density at radius 2 is 1.53 bits per heavy atom. The van der Waals surface area contributed by atoms with Crippen LogP contribution < -0.4 is 0 Å². The van der Waals surface area contributed by atoms with Crippen LogP contribution in [0.5, 0.6) is 0 Å². The topological polar surface area (TPSA) is 6.48 Å². The van der Waals surface area contributed by atoms with Crippen molar-refractivity contribution in [2.45, 2.75) is 59.4 Å². The van der Waals surface area contributed by atoms with Crippen molar-refractivity contribution in [3.05, 3.63) is 0 Å². The molecule has 3 saturated carbocycles. The van der Waals surface area contributed by atoms with E-state index in [1.807, 2.05) is 0 Å². The highest BCUT2D eigenvalue weighted by Crippen LogP contribution is 2.70. The van der Waals surface area contributed by atoms with Crippen LogP contribution in [0.2, 0.25) is 0 Å². The molecule has 0 spiro atoms. The molecule has 2 bridgehead atoms. The quantitative estimate of drug-likeness (QED) is 0.769. The third kappa shape index (κ3) is 2.35. The number of fused-ring (bicyclic) bond motifs is 1. The summed E-state index contributed by atoms with van der Waals surface area (Å²) in [6.45, 7) is 16.1. The predicted octanol–water partition coefficient (Wildman–Crippen LogP) is 3.23. The maximum absolute atomic E-state index is 2.76. The molecule has 1 saturated heterocycles. The van der Waals surface area contributed by atoms with Crippen molar-refractivity contribution < 1.29 is 0 Å². The fourth-order valence-corrected chi connectivity index (χ4v) is 5.11. The molecule has 4 aliphatic rings. The van der Waals surface area contributed by atoms with Crippen molar-refractivity contribution in [3.63, 3.8) is 0 Å². The molecule has 4 fully saturated rings. The summed E-state index contributed by atoms with van der Waals surface area (Å²) in [7, 11) is 0. The van der Waals surface area contributed by atoms with Crippen LogP contribution in [0.15, 0.2) is 0 Å². The van der Waals surface area contributed by atoms with E-state index in [1.54, 1.807) is 0 Å². The highest BCUT2D eigenvalue weighted by molar-refractivity contribution is 5.12. The van der Waals surface area contributed by atoms with Gasteiger partial charge in [-0.15, -0.1) is 0 Å². The molecule has 0 N–H and O–H groups in total. The first-order valence-corrected chi connectivity index (χ1v) is 8.41. The van der Waals surface area contributed by atoms with Gasteiger partial charge >= 0.3 is 0 Å². The Bertz CT molecular complexity index is 320. The molecule has 3 aliphatic carbocycles. The van der Waals surface area contributed by atoms with E-state index in [4.69, 9.17) is 0 Å². The van der Waals surface area contributed by atoms with Crippen molar-refractivity contribution in [3.8, 4) is 0 Å². The van der Waals surface area contributed by atoms with Crippen LogP contribution in [0.25, 0.3) is 0 Å². The Labute approximate surface area is 119 Å². The molecule has 110 valence electrons. The zero-order valence-corrected chi connectivity index (χ0v) is 13.4. The fourth-order valence-electron chi connectivity index (χ4n) is 5.11. The third-order valence-electron chi connectivity index (χ3n) is 6.53. The lowest BCUT2D eigenvalue weighted by molar-refractivity contribution is -0.0291. The molecule has 19 heavy (non-hydrogen) atoms. The third-order valence-corrected chi connectivity index (χ3v) is 6.53. The Morgan fingerprint density at radius 3 is 2.00 bits per heavy atom. The van der Waals surface area contributed by atoms with Gasteiger partial charge in [-0.05, 0) is 56.3 Å². The van der Waals surface area contributed by atoms with Gasteiger partial charge in [-0.2, -0.15) is 0 Å². The van der Waals surface area contributed by atoms with Gasteiger partial charge in [-0.1, -0.05) is 13.8 Å². The first kappa shape index (κ1) is 13.9. The molecule has 0 amide bonds. The molecule has 0 aromatic rings. The Kier molecular flexibility index (Phi) is 3.46. The molecule has 0 atom stereocenters. The van der Waals surface area contributed by atoms with Crippen LogP contribution >= 0.6 is 0 Å². The van der Waals surface area contributed by atoms with E-state index >= 15 is 0 Å². The summed E-state index contributed by atoms with van der Waals surface area (Å²) in [4.78, 5) is 5.39. The van der Waals surface area contributed by atoms with Gasteiger partial charge in [0.2, 0.25) is 0 Å². The van der Waals surface area contributed by atoms with Crippen LogP contribution in [-0.4, -0.2) is 48.6 Å². The van der Waals surface area contributed by atoms with Gasteiger partial charge in [-0.3, -0.25) is 4.90 Å². The van der Waals surface area contributed by atoms with E-state index in [9.17, 15) is 0 Å². The molecule has 2 heteroatoms. The number of hydrogen-bond acceptors (Lipinski definition) is 2. The van der Waals surface area contributed by atoms with Gasteiger partial charge in [0.1, 0.15) is 0 Å². The van der Waals surface area contributed by atoms with E-state index in [-0.39, 0.29) is 0 Å². The average Bonchev–Trinajstić information content (AvgIpc) is 2.85. The summed E-state index contributed by atoms with van der Waals surface area (Å²) in [6, 6.07) is 0.726. The number of nitrogens with zero attached hydrogens (tertiary/aromatic N) is 2. The van der Waals surface area contributed by atoms with Gasteiger partial charge in [-0.25, -0.2) is 0 Å². The minimum Gasteiger partial charge on any atom is -0.300 e. The second-order valence-corrected chi connectivity index (χ2v) is 8.28. The smallest absolute Gasteiger partial charge is 0.0113 e. The average molecular weight is 264 g/mol. The maximum atomic E-state index is 2.76. The Morgan fingerprint density at radius 1 is 0.895 bits per heavy atom. The second-order valence-electron chi connectivity index (χ2n) is 8.28. The monoisotopic (exact) mass is 264 g/mol. The molecular formula is C17H32N2. The summed E-state index contributed by atoms with van der Waals surface area (Å²) >= 11 is 0. The van der Waals surface area contributed by atoms with Gasteiger partial charge in [0, 0.05) is 38.8 Å². The van der Waals surface area contributed by atoms with Crippen molar-refractivity contribution >= 4 is 0 Å². The van der Waals surface area contributed by atoms with Gasteiger partial charge in [0.05, 0.1) is 0 Å². The summed E-state index contributed by atoms with van der Waals surface area (Å²) < 4.78 is 0. The maximum Gasteiger partial charge on any atom is 0.0113 e. The molecule has 0 aromatic carbocycles. The van der Waals surface area contributed by atoms with Crippen molar-refractivity contribution in [1.29, 1.82) is 0 Å². The minimum absolute atomic E-state index is 0.726. The van der Waals surface area contributed by atoms with E-state index in [2.05, 4.69) is 37.5 Å². The molecule has 0 radical (unpaired) electrons. The normalized spacial score (nSPS) is 40.1. The first-order chi connectivity index (χ1) is 8.95. The molecule has 2 nitrogen and oxygen atoms in total. The zero-order chi connectivity index (χ0) is 13.7. The zero-order valence-electron chi connectivity index (χ0n) is 13.4. The predicted molar refractivity (Wildman–Crippen MR) is 81.3 cm³/mol. The molecule has 0 unspecified atom stereocenters. The van der Waals surface area contributed by atoms with E-state index in [1.165, 1.54) is 58.4 Å². The molecule has 1 heterocycles. The molecule has 0 aromatic heterocycles. The fraction of sp³-hybridized carbons (Fsp3) is 1.00. The minimum atomic E-state index is 0.726. The van der Waals surface area contributed by atoms with Gasteiger partial charge in [0.15, 0.2) is 0 Å². The molecular weight excluding hydrogens is 232 g/mol. The lowest BCUT2D eigenvalue weighted by atomic mass is 9.56. The summed E-state index contributed by atoms with van der Waals surface area (Å²) in [6.07, 6.45) is 6.08. The number of rotatable bonds is 4. The number of hydrogen-bond donors (Lipinski definition) is 0. The van der Waals surface area contributed by atoms with Gasteiger partial charge < -0.3 is 4.90 Å². The Balaban J connectivity index is 1.50. The second kappa shape index (κ2) is 4.73. The number of piperazine rings is 1. The van der Waals surface area contributed by atoms with Crippen LogP contribution in [-0.2, 0) is 0 Å². The lowest BCUT2D eigenvalue weighted by Crippen LogP contribution is -2.54. The first-order valence-electron chi connectivity index (χ1n) is 8.41. The molecule has 4 rings (SSSR count). The van der Waals surface area contributed by atoms with Crippen LogP contribution in [0.3, 0.4) is 0 Å². The van der Waals surface area contributed by atoms with E-state index in [0.29, 0.717) is 0 Å². The van der Waals surface area contributed by atoms with E-state index < -0.39 is 0 Å². The van der Waals surface area contributed by atoms with Crippen molar-refractivity contribution in [2.75, 3.05) is 32.7 Å². The highest BCUT2D eigenvalue weighted by atomic mass is 15.3. The SMILES string of the molecule is CC(C)N1CCN(CC23CCC(C(C)C)(C2)C3)CC1. The van der Waals surface area contributed by atoms with E-state index in [0.717, 1.165) is 22.8 Å². The lowest BCUT2D eigenvalue weighted by Gasteiger charge is -2.52. The van der Waals surface area contributed by atoms with Crippen LogP contribution in [0.1, 0.15) is 53.4 Å². The Hall–Kier alpha value is -0.0800. The standard InChI is InChI=1S/C17H32N2/c1-14(2)17-6-5-16(11-17,12-17)13-18-7-9-19(10-8-18)15(3)4/h14-15H,5-13H2,1-4H3. The highest BCUT2D eigenvalue weighted by Gasteiger charge is 2.61. The summed E-state index contributed by atoms with van der Waals surface area (Å²) in [5.74, 6) is 0.904. The van der Waals surface area contributed by atoms with Crippen molar-refractivity contribution in [1.82, 2.24) is 9.80 Å². The largest absolute Gasteiger partial charge is 0.300 e. The van der Waals surface area contributed by atoms with Crippen molar-refractivity contribution in [2.24, 2.45) is 16.7 Å². The molecule has 1 aliphatic heterocycles. The summed E-state index contributed by atoms with van der Waals surface area (Å²) in [5, 5.41) is 0. The van der Waals surface area contributed by atoms with Gasteiger partial charge in [0.25, 0.3) is 0 Å². The summed E-state index contributed by atoms with van der Waals surface area (Å²) in [5.41, 5.74) is 1.48. The van der Waals surface area contributed by atoms with Crippen LogP contribution in [0, 0.1) is 16.7 Å².